The predicted molar refractivity (Wildman–Crippen MR) is 56.7 cm³/mol. The van der Waals surface area contributed by atoms with Crippen LogP contribution >= 0.6 is 23.4 Å². The van der Waals surface area contributed by atoms with Crippen LogP contribution in [0.1, 0.15) is 33.1 Å². The fraction of sp³-hybridized carbons (Fsp3) is 1.00. The standard InChI is InChI=1S/C9H19ClS/c1-4-9(5-2,8-10)6-7-11-3/h4-8H2,1-3H3. The van der Waals surface area contributed by atoms with Gasteiger partial charge in [-0.1, -0.05) is 13.8 Å². The third-order valence-electron chi connectivity index (χ3n) is 2.62. The summed E-state index contributed by atoms with van der Waals surface area (Å²) < 4.78 is 0. The van der Waals surface area contributed by atoms with Crippen LogP contribution in [0.25, 0.3) is 0 Å². The first-order valence-corrected chi connectivity index (χ1v) is 6.22. The van der Waals surface area contributed by atoms with E-state index in [1.165, 1.54) is 25.0 Å². The molecule has 0 aliphatic carbocycles. The van der Waals surface area contributed by atoms with Crippen LogP contribution < -0.4 is 0 Å². The molecule has 0 aromatic carbocycles. The second kappa shape index (κ2) is 6.19. The first-order valence-electron chi connectivity index (χ1n) is 4.29. The summed E-state index contributed by atoms with van der Waals surface area (Å²) in [6, 6.07) is 0. The average Bonchev–Trinajstić information content (AvgIpc) is 2.08. The second-order valence-corrected chi connectivity index (χ2v) is 4.34. The molecule has 0 saturated heterocycles. The van der Waals surface area contributed by atoms with Crippen LogP contribution in [0.15, 0.2) is 0 Å². The number of alkyl halides is 1. The van der Waals surface area contributed by atoms with Crippen molar-refractivity contribution in [1.82, 2.24) is 0 Å². The third-order valence-corrected chi connectivity index (χ3v) is 3.80. The molecule has 0 aliphatic rings. The molecule has 11 heavy (non-hydrogen) atoms. The minimum atomic E-state index is 0.421. The van der Waals surface area contributed by atoms with Gasteiger partial charge in [-0.15, -0.1) is 11.6 Å². The fourth-order valence-corrected chi connectivity index (χ4v) is 2.33. The van der Waals surface area contributed by atoms with Crippen LogP contribution in [0.3, 0.4) is 0 Å². The van der Waals surface area contributed by atoms with Gasteiger partial charge in [0.25, 0.3) is 0 Å². The van der Waals surface area contributed by atoms with Crippen molar-refractivity contribution in [3.05, 3.63) is 0 Å². The van der Waals surface area contributed by atoms with E-state index in [9.17, 15) is 0 Å². The van der Waals surface area contributed by atoms with Gasteiger partial charge in [-0.2, -0.15) is 11.8 Å². The number of halogens is 1. The Labute approximate surface area is 80.1 Å². The van der Waals surface area contributed by atoms with Gasteiger partial charge in [-0.25, -0.2) is 0 Å². The summed E-state index contributed by atoms with van der Waals surface area (Å²) in [5.41, 5.74) is 0.421. The highest BCUT2D eigenvalue weighted by Gasteiger charge is 2.23. The van der Waals surface area contributed by atoms with Crippen molar-refractivity contribution < 1.29 is 0 Å². The molecule has 0 amide bonds. The Kier molecular flexibility index (Phi) is 6.55. The Morgan fingerprint density at radius 3 is 2.09 bits per heavy atom. The summed E-state index contributed by atoms with van der Waals surface area (Å²) in [5, 5.41) is 0. The van der Waals surface area contributed by atoms with E-state index in [4.69, 9.17) is 11.6 Å². The van der Waals surface area contributed by atoms with Crippen molar-refractivity contribution in [2.45, 2.75) is 33.1 Å². The molecule has 0 atom stereocenters. The van der Waals surface area contributed by atoms with Crippen molar-refractivity contribution in [2.75, 3.05) is 17.9 Å². The lowest BCUT2D eigenvalue weighted by molar-refractivity contribution is 0.295. The van der Waals surface area contributed by atoms with E-state index in [0.717, 1.165) is 5.88 Å². The van der Waals surface area contributed by atoms with Crippen molar-refractivity contribution >= 4 is 23.4 Å². The van der Waals surface area contributed by atoms with Gasteiger partial charge in [0.1, 0.15) is 0 Å². The number of rotatable bonds is 6. The molecule has 0 aromatic heterocycles. The molecule has 0 fully saturated rings. The maximum absolute atomic E-state index is 5.95. The van der Waals surface area contributed by atoms with Crippen molar-refractivity contribution in [1.29, 1.82) is 0 Å². The van der Waals surface area contributed by atoms with E-state index in [0.29, 0.717) is 5.41 Å². The monoisotopic (exact) mass is 194 g/mol. The summed E-state index contributed by atoms with van der Waals surface area (Å²) >= 11 is 7.87. The van der Waals surface area contributed by atoms with E-state index < -0.39 is 0 Å². The molecule has 0 unspecified atom stereocenters. The quantitative estimate of drug-likeness (QED) is 0.580. The van der Waals surface area contributed by atoms with Crippen LogP contribution in [0.4, 0.5) is 0 Å². The van der Waals surface area contributed by atoms with Crippen LogP contribution in [-0.2, 0) is 0 Å². The van der Waals surface area contributed by atoms with Gasteiger partial charge in [0.2, 0.25) is 0 Å². The summed E-state index contributed by atoms with van der Waals surface area (Å²) in [5.74, 6) is 2.06. The third kappa shape index (κ3) is 3.71. The number of hydrogen-bond donors (Lipinski definition) is 0. The highest BCUT2D eigenvalue weighted by Crippen LogP contribution is 2.32. The molecule has 68 valence electrons. The molecular weight excluding hydrogens is 176 g/mol. The first kappa shape index (κ1) is 11.6. The van der Waals surface area contributed by atoms with Crippen LogP contribution in [-0.4, -0.2) is 17.9 Å². The number of hydrogen-bond acceptors (Lipinski definition) is 1. The molecular formula is C9H19ClS. The lowest BCUT2D eigenvalue weighted by Gasteiger charge is -2.28. The normalized spacial score (nSPS) is 12.0. The predicted octanol–water partition coefficient (Wildman–Crippen LogP) is 3.78. The molecule has 0 radical (unpaired) electrons. The average molecular weight is 195 g/mol. The minimum Gasteiger partial charge on any atom is -0.165 e. The Morgan fingerprint density at radius 2 is 1.82 bits per heavy atom. The molecule has 0 bridgehead atoms. The summed E-state index contributed by atoms with van der Waals surface area (Å²) in [4.78, 5) is 0. The lowest BCUT2D eigenvalue weighted by Crippen LogP contribution is -2.21. The Morgan fingerprint density at radius 1 is 1.27 bits per heavy atom. The first-order chi connectivity index (χ1) is 5.24. The Hall–Kier alpha value is 0.640. The fourth-order valence-electron chi connectivity index (χ4n) is 1.18. The molecule has 0 saturated carbocycles. The maximum Gasteiger partial charge on any atom is 0.0280 e. The minimum absolute atomic E-state index is 0.421. The molecule has 0 N–H and O–H groups in total. The Balaban J connectivity index is 3.84. The molecule has 2 heteroatoms. The van der Waals surface area contributed by atoms with Crippen molar-refractivity contribution in [3.63, 3.8) is 0 Å². The highest BCUT2D eigenvalue weighted by atomic mass is 35.5. The zero-order valence-electron chi connectivity index (χ0n) is 7.82. The molecule has 0 heterocycles. The van der Waals surface area contributed by atoms with Gasteiger partial charge in [-0.05, 0) is 36.7 Å². The zero-order chi connectivity index (χ0) is 8.74. The van der Waals surface area contributed by atoms with Crippen LogP contribution in [0, 0.1) is 5.41 Å². The largest absolute Gasteiger partial charge is 0.165 e. The molecule has 0 aliphatic heterocycles. The second-order valence-electron chi connectivity index (χ2n) is 3.08. The molecule has 0 spiro atoms. The van der Waals surface area contributed by atoms with E-state index in [-0.39, 0.29) is 0 Å². The van der Waals surface area contributed by atoms with E-state index in [1.807, 2.05) is 11.8 Å². The van der Waals surface area contributed by atoms with Gasteiger partial charge in [0, 0.05) is 5.88 Å². The molecule has 0 rings (SSSR count). The Bertz CT molecular complexity index is 81.3. The number of thioether (sulfide) groups is 1. The summed E-state index contributed by atoms with van der Waals surface area (Å²) in [6.45, 7) is 4.48. The molecule has 0 aromatic rings. The van der Waals surface area contributed by atoms with Gasteiger partial charge < -0.3 is 0 Å². The van der Waals surface area contributed by atoms with Crippen molar-refractivity contribution in [3.8, 4) is 0 Å². The van der Waals surface area contributed by atoms with E-state index >= 15 is 0 Å². The topological polar surface area (TPSA) is 0 Å². The summed E-state index contributed by atoms with van der Waals surface area (Å²) in [6.07, 6.45) is 5.86. The van der Waals surface area contributed by atoms with Gasteiger partial charge in [0.05, 0.1) is 0 Å². The van der Waals surface area contributed by atoms with Crippen molar-refractivity contribution in [2.24, 2.45) is 5.41 Å². The van der Waals surface area contributed by atoms with Gasteiger partial charge in [0.15, 0.2) is 0 Å². The smallest absolute Gasteiger partial charge is 0.0280 e. The lowest BCUT2D eigenvalue weighted by atomic mass is 9.82. The SMILES string of the molecule is CCC(CC)(CCl)CCSC. The van der Waals surface area contributed by atoms with Crippen LogP contribution in [0.2, 0.25) is 0 Å². The summed E-state index contributed by atoms with van der Waals surface area (Å²) in [7, 11) is 0. The van der Waals surface area contributed by atoms with E-state index in [2.05, 4.69) is 20.1 Å². The molecule has 0 nitrogen and oxygen atoms in total. The zero-order valence-corrected chi connectivity index (χ0v) is 9.39. The van der Waals surface area contributed by atoms with Gasteiger partial charge >= 0.3 is 0 Å². The van der Waals surface area contributed by atoms with E-state index in [1.54, 1.807) is 0 Å². The van der Waals surface area contributed by atoms with Gasteiger partial charge in [-0.3, -0.25) is 0 Å². The van der Waals surface area contributed by atoms with Crippen LogP contribution in [0.5, 0.6) is 0 Å². The highest BCUT2D eigenvalue weighted by molar-refractivity contribution is 7.98. The maximum atomic E-state index is 5.95.